The molecule has 2 aromatic heterocycles. The van der Waals surface area contributed by atoms with Crippen LogP contribution in [0.15, 0.2) is 11.6 Å². The number of likely N-dealkylation sites (N-methyl/N-ethyl adjacent to an activating group) is 1. The van der Waals surface area contributed by atoms with Gasteiger partial charge in [-0.05, 0) is 26.3 Å². The Labute approximate surface area is 146 Å². The molecule has 0 bridgehead atoms. The van der Waals surface area contributed by atoms with E-state index in [1.54, 1.807) is 11.3 Å². The van der Waals surface area contributed by atoms with E-state index in [9.17, 15) is 4.79 Å². The van der Waals surface area contributed by atoms with Crippen molar-refractivity contribution in [2.45, 2.75) is 25.8 Å². The highest BCUT2D eigenvalue weighted by atomic mass is 32.1. The molecule has 0 unspecified atom stereocenters. The van der Waals surface area contributed by atoms with Crippen molar-refractivity contribution < 1.29 is 4.79 Å². The Balaban J connectivity index is 1.60. The van der Waals surface area contributed by atoms with Crippen LogP contribution in [0.5, 0.6) is 0 Å². The molecule has 4 heterocycles. The van der Waals surface area contributed by atoms with Gasteiger partial charge in [-0.15, -0.1) is 11.3 Å². The lowest BCUT2D eigenvalue weighted by Gasteiger charge is -2.32. The standard InChI is InChI=1S/C17H25N5OS/c1-19-7-9-20(10-8-19)13-14-15(18-17-22(14)11-12-24-17)16(23)21-5-3-2-4-6-21/h11-12H,2-10,13H2,1H3. The molecule has 130 valence electrons. The van der Waals surface area contributed by atoms with Gasteiger partial charge in [0.1, 0.15) is 0 Å². The molecule has 0 saturated carbocycles. The van der Waals surface area contributed by atoms with E-state index in [0.717, 1.165) is 69.3 Å². The molecule has 2 aromatic rings. The fourth-order valence-corrected chi connectivity index (χ4v) is 4.35. The minimum atomic E-state index is 0.120. The quantitative estimate of drug-likeness (QED) is 0.849. The molecular formula is C17H25N5OS. The minimum Gasteiger partial charge on any atom is -0.337 e. The molecule has 0 aliphatic carbocycles. The van der Waals surface area contributed by atoms with Crippen LogP contribution in [-0.4, -0.2) is 76.3 Å². The molecule has 2 saturated heterocycles. The number of thiazole rings is 1. The van der Waals surface area contributed by atoms with Crippen LogP contribution in [-0.2, 0) is 6.54 Å². The van der Waals surface area contributed by atoms with Gasteiger partial charge in [0, 0.05) is 57.4 Å². The highest BCUT2D eigenvalue weighted by Gasteiger charge is 2.27. The third kappa shape index (κ3) is 3.08. The minimum absolute atomic E-state index is 0.120. The molecule has 7 heteroatoms. The molecule has 0 atom stereocenters. The number of imidazole rings is 1. The zero-order valence-corrected chi connectivity index (χ0v) is 15.1. The first kappa shape index (κ1) is 16.1. The molecule has 0 spiro atoms. The van der Waals surface area contributed by atoms with Crippen molar-refractivity contribution in [3.63, 3.8) is 0 Å². The van der Waals surface area contributed by atoms with Gasteiger partial charge >= 0.3 is 0 Å². The Morgan fingerprint density at radius 1 is 1.12 bits per heavy atom. The summed E-state index contributed by atoms with van der Waals surface area (Å²) in [4.78, 5) is 25.4. The first-order valence-corrected chi connectivity index (χ1v) is 9.75. The molecule has 6 nitrogen and oxygen atoms in total. The summed E-state index contributed by atoms with van der Waals surface area (Å²) in [6.07, 6.45) is 5.51. The number of rotatable bonds is 3. The fourth-order valence-electron chi connectivity index (χ4n) is 3.62. The molecule has 2 fully saturated rings. The highest BCUT2D eigenvalue weighted by Crippen LogP contribution is 2.22. The summed E-state index contributed by atoms with van der Waals surface area (Å²) in [6.45, 7) is 6.81. The number of hydrogen-bond acceptors (Lipinski definition) is 5. The van der Waals surface area contributed by atoms with Crippen molar-refractivity contribution in [1.29, 1.82) is 0 Å². The predicted molar refractivity (Wildman–Crippen MR) is 95.6 cm³/mol. The van der Waals surface area contributed by atoms with Crippen molar-refractivity contribution in [3.05, 3.63) is 23.0 Å². The Morgan fingerprint density at radius 2 is 1.88 bits per heavy atom. The average Bonchev–Trinajstić information content (AvgIpc) is 3.19. The Bertz CT molecular complexity index is 710. The van der Waals surface area contributed by atoms with Crippen LogP contribution in [0.1, 0.15) is 35.4 Å². The van der Waals surface area contributed by atoms with Crippen molar-refractivity contribution >= 4 is 22.2 Å². The zero-order chi connectivity index (χ0) is 16.5. The molecule has 0 aromatic carbocycles. The van der Waals surface area contributed by atoms with E-state index in [-0.39, 0.29) is 5.91 Å². The van der Waals surface area contributed by atoms with Crippen LogP contribution < -0.4 is 0 Å². The van der Waals surface area contributed by atoms with Gasteiger partial charge in [0.25, 0.3) is 5.91 Å². The van der Waals surface area contributed by atoms with Gasteiger partial charge in [-0.25, -0.2) is 4.98 Å². The Kier molecular flexibility index (Phi) is 4.56. The topological polar surface area (TPSA) is 44.1 Å². The predicted octanol–water partition coefficient (Wildman–Crippen LogP) is 1.77. The average molecular weight is 347 g/mol. The maximum absolute atomic E-state index is 13.0. The van der Waals surface area contributed by atoms with Crippen LogP contribution >= 0.6 is 11.3 Å². The van der Waals surface area contributed by atoms with Crippen LogP contribution in [0.4, 0.5) is 0 Å². The van der Waals surface area contributed by atoms with Gasteiger partial charge in [0.2, 0.25) is 0 Å². The third-order valence-electron chi connectivity index (χ3n) is 5.18. The van der Waals surface area contributed by atoms with E-state index in [1.165, 1.54) is 6.42 Å². The van der Waals surface area contributed by atoms with E-state index in [0.29, 0.717) is 5.69 Å². The van der Waals surface area contributed by atoms with E-state index >= 15 is 0 Å². The number of aromatic nitrogens is 2. The van der Waals surface area contributed by atoms with Gasteiger partial charge in [0.15, 0.2) is 10.7 Å². The summed E-state index contributed by atoms with van der Waals surface area (Å²) >= 11 is 1.60. The Morgan fingerprint density at radius 3 is 2.62 bits per heavy atom. The number of fused-ring (bicyclic) bond motifs is 1. The molecule has 2 aliphatic heterocycles. The summed E-state index contributed by atoms with van der Waals surface area (Å²) in [5.41, 5.74) is 1.73. The number of piperazine rings is 1. The number of carbonyl (C=O) groups excluding carboxylic acids is 1. The molecule has 2 aliphatic rings. The van der Waals surface area contributed by atoms with Crippen LogP contribution in [0.2, 0.25) is 0 Å². The second-order valence-corrected chi connectivity index (χ2v) is 7.77. The molecule has 4 rings (SSSR count). The largest absolute Gasteiger partial charge is 0.337 e. The smallest absolute Gasteiger partial charge is 0.274 e. The first-order chi connectivity index (χ1) is 11.7. The lowest BCUT2D eigenvalue weighted by atomic mass is 10.1. The molecule has 0 N–H and O–H groups in total. The van der Waals surface area contributed by atoms with E-state index in [2.05, 4.69) is 26.2 Å². The zero-order valence-electron chi connectivity index (χ0n) is 14.3. The highest BCUT2D eigenvalue weighted by molar-refractivity contribution is 7.15. The van der Waals surface area contributed by atoms with Crippen molar-refractivity contribution in [3.8, 4) is 0 Å². The summed E-state index contributed by atoms with van der Waals surface area (Å²) in [5.74, 6) is 0.120. The number of piperidine rings is 1. The number of amides is 1. The van der Waals surface area contributed by atoms with E-state index in [4.69, 9.17) is 0 Å². The number of hydrogen-bond donors (Lipinski definition) is 0. The van der Waals surface area contributed by atoms with Gasteiger partial charge in [0.05, 0.1) is 5.69 Å². The lowest BCUT2D eigenvalue weighted by Crippen LogP contribution is -2.44. The van der Waals surface area contributed by atoms with Crippen LogP contribution in [0.25, 0.3) is 4.96 Å². The van der Waals surface area contributed by atoms with E-state index in [1.807, 2.05) is 16.5 Å². The maximum atomic E-state index is 13.0. The van der Waals surface area contributed by atoms with Crippen molar-refractivity contribution in [1.82, 2.24) is 24.1 Å². The molecule has 24 heavy (non-hydrogen) atoms. The number of carbonyl (C=O) groups is 1. The number of likely N-dealkylation sites (tertiary alicyclic amines) is 1. The normalized spacial score (nSPS) is 20.8. The van der Waals surface area contributed by atoms with Gasteiger partial charge in [-0.2, -0.15) is 0 Å². The number of nitrogens with zero attached hydrogens (tertiary/aromatic N) is 5. The van der Waals surface area contributed by atoms with Crippen LogP contribution in [0, 0.1) is 0 Å². The van der Waals surface area contributed by atoms with Crippen LogP contribution in [0.3, 0.4) is 0 Å². The first-order valence-electron chi connectivity index (χ1n) is 8.87. The summed E-state index contributed by atoms with van der Waals surface area (Å²) in [5, 5.41) is 2.05. The third-order valence-corrected chi connectivity index (χ3v) is 5.93. The van der Waals surface area contributed by atoms with E-state index < -0.39 is 0 Å². The summed E-state index contributed by atoms with van der Waals surface area (Å²) in [6, 6.07) is 0. The van der Waals surface area contributed by atoms with Gasteiger partial charge < -0.3 is 9.80 Å². The molecular weight excluding hydrogens is 322 g/mol. The second kappa shape index (κ2) is 6.82. The van der Waals surface area contributed by atoms with Gasteiger partial charge in [-0.3, -0.25) is 14.1 Å². The fraction of sp³-hybridized carbons (Fsp3) is 0.647. The molecule has 1 amide bonds. The maximum Gasteiger partial charge on any atom is 0.274 e. The van der Waals surface area contributed by atoms with Crippen molar-refractivity contribution in [2.75, 3.05) is 46.3 Å². The monoisotopic (exact) mass is 347 g/mol. The second-order valence-electron chi connectivity index (χ2n) is 6.89. The van der Waals surface area contributed by atoms with Gasteiger partial charge in [-0.1, -0.05) is 0 Å². The summed E-state index contributed by atoms with van der Waals surface area (Å²) < 4.78 is 2.11. The van der Waals surface area contributed by atoms with Crippen molar-refractivity contribution in [2.24, 2.45) is 0 Å². The Hall–Kier alpha value is -1.44. The SMILES string of the molecule is CN1CCN(Cc2c(C(=O)N3CCCCC3)nc3sccn23)CC1. The summed E-state index contributed by atoms with van der Waals surface area (Å²) in [7, 11) is 2.17. The molecule has 0 radical (unpaired) electrons. The lowest BCUT2D eigenvalue weighted by molar-refractivity contribution is 0.0715.